The fraction of sp³-hybridized carbons (Fsp3) is 0.857. The van der Waals surface area contributed by atoms with Crippen LogP contribution in [0.3, 0.4) is 0 Å². The highest BCUT2D eigenvalue weighted by Gasteiger charge is 1.89. The summed E-state index contributed by atoms with van der Waals surface area (Å²) in [6, 6.07) is 0. The number of hydrogen-bond acceptors (Lipinski definition) is 4. The Morgan fingerprint density at radius 1 is 1.18 bits per heavy atom. The van der Waals surface area contributed by atoms with Crippen molar-refractivity contribution in [3.8, 4) is 0 Å². The molecule has 0 aromatic rings. The fourth-order valence-corrected chi connectivity index (χ4v) is 0.572. The Hall–Kier alpha value is -0.190. The fourth-order valence-electron chi connectivity index (χ4n) is 0.489. The molecule has 0 aliphatic rings. The normalized spacial score (nSPS) is 9.64. The van der Waals surface area contributed by atoms with Gasteiger partial charge in [-0.1, -0.05) is 0 Å². The number of ether oxygens (including phenoxy) is 3. The summed E-state index contributed by atoms with van der Waals surface area (Å²) < 4.78 is 14.9. The largest absolute Gasteiger partial charge is 0.485 e. The van der Waals surface area contributed by atoms with Crippen LogP contribution >= 0.6 is 12.2 Å². The van der Waals surface area contributed by atoms with Crippen LogP contribution in [0.4, 0.5) is 0 Å². The molecule has 0 unspecified atom stereocenters. The third-order valence-electron chi connectivity index (χ3n) is 0.965. The molecule has 11 heavy (non-hydrogen) atoms. The van der Waals surface area contributed by atoms with Crippen LogP contribution in [-0.4, -0.2) is 38.6 Å². The lowest BCUT2D eigenvalue weighted by molar-refractivity contribution is 0.0529. The maximum Gasteiger partial charge on any atom is 0.156 e. The highest BCUT2D eigenvalue weighted by molar-refractivity contribution is 7.80. The summed E-state index contributed by atoms with van der Waals surface area (Å²) in [7, 11) is 1.64. The van der Waals surface area contributed by atoms with Crippen LogP contribution in [0.2, 0.25) is 0 Å². The van der Waals surface area contributed by atoms with E-state index in [2.05, 4.69) is 0 Å². The van der Waals surface area contributed by atoms with Gasteiger partial charge < -0.3 is 14.2 Å². The van der Waals surface area contributed by atoms with E-state index in [4.69, 9.17) is 26.4 Å². The summed E-state index contributed by atoms with van der Waals surface area (Å²) >= 11 is 4.69. The third-order valence-corrected chi connectivity index (χ3v) is 1.08. The van der Waals surface area contributed by atoms with Crippen molar-refractivity contribution in [3.63, 3.8) is 0 Å². The van der Waals surface area contributed by atoms with Crippen LogP contribution in [-0.2, 0) is 14.2 Å². The van der Waals surface area contributed by atoms with Crippen molar-refractivity contribution >= 4 is 17.3 Å². The predicted octanol–water partition coefficient (Wildman–Crippen LogP) is 1.01. The zero-order chi connectivity index (χ0) is 8.53. The minimum absolute atomic E-state index is 0.527. The summed E-state index contributed by atoms with van der Waals surface area (Å²) in [6.07, 6.45) is 0. The van der Waals surface area contributed by atoms with Crippen LogP contribution in [0.1, 0.15) is 6.92 Å². The van der Waals surface area contributed by atoms with E-state index < -0.39 is 0 Å². The Kier molecular flexibility index (Phi) is 7.78. The van der Waals surface area contributed by atoms with Crippen molar-refractivity contribution in [2.45, 2.75) is 6.92 Å². The second-order valence-corrected chi connectivity index (χ2v) is 2.52. The molecule has 0 aromatic heterocycles. The molecule has 0 rings (SSSR count). The molecule has 0 amide bonds. The van der Waals surface area contributed by atoms with Crippen molar-refractivity contribution in [3.05, 3.63) is 0 Å². The number of methoxy groups -OCH3 is 1. The molecule has 4 heteroatoms. The monoisotopic (exact) mass is 178 g/mol. The van der Waals surface area contributed by atoms with E-state index in [0.717, 1.165) is 0 Å². The molecule has 3 nitrogen and oxygen atoms in total. The molecule has 0 N–H and O–H groups in total. The van der Waals surface area contributed by atoms with Gasteiger partial charge in [-0.3, -0.25) is 0 Å². The van der Waals surface area contributed by atoms with Gasteiger partial charge in [-0.15, -0.1) is 0 Å². The Bertz CT molecular complexity index is 106. The van der Waals surface area contributed by atoms with Crippen molar-refractivity contribution in [1.82, 2.24) is 0 Å². The molecular formula is C7H14O3S. The molecule has 0 fully saturated rings. The van der Waals surface area contributed by atoms with E-state index in [9.17, 15) is 0 Å². The molecule has 0 spiro atoms. The van der Waals surface area contributed by atoms with Crippen LogP contribution in [0.25, 0.3) is 0 Å². The maximum absolute atomic E-state index is 5.11. The molecule has 66 valence electrons. The number of rotatable bonds is 6. The minimum atomic E-state index is 0.527. The van der Waals surface area contributed by atoms with Gasteiger partial charge in [0.15, 0.2) is 5.05 Å². The van der Waals surface area contributed by atoms with Gasteiger partial charge in [0.05, 0.1) is 19.8 Å². The molecular weight excluding hydrogens is 164 g/mol. The maximum atomic E-state index is 5.11. The van der Waals surface area contributed by atoms with Gasteiger partial charge in [-0.25, -0.2) is 0 Å². The summed E-state index contributed by atoms with van der Waals surface area (Å²) in [6.45, 7) is 4.06. The topological polar surface area (TPSA) is 27.7 Å². The van der Waals surface area contributed by atoms with Gasteiger partial charge >= 0.3 is 0 Å². The average molecular weight is 178 g/mol. The zero-order valence-corrected chi connectivity index (χ0v) is 7.78. The first-order chi connectivity index (χ1) is 5.27. The van der Waals surface area contributed by atoms with E-state index in [1.54, 1.807) is 14.0 Å². The Balaban J connectivity index is 2.85. The van der Waals surface area contributed by atoms with Gasteiger partial charge in [-0.05, 0) is 12.2 Å². The third kappa shape index (κ3) is 9.81. The minimum Gasteiger partial charge on any atom is -0.485 e. The summed E-state index contributed by atoms with van der Waals surface area (Å²) in [4.78, 5) is 0. The quantitative estimate of drug-likeness (QED) is 0.448. The Morgan fingerprint density at radius 2 is 1.82 bits per heavy atom. The lowest BCUT2D eigenvalue weighted by Gasteiger charge is -2.04. The Morgan fingerprint density at radius 3 is 2.36 bits per heavy atom. The van der Waals surface area contributed by atoms with E-state index in [1.165, 1.54) is 0 Å². The summed E-state index contributed by atoms with van der Waals surface area (Å²) in [5, 5.41) is 0.556. The second-order valence-electron chi connectivity index (χ2n) is 1.95. The van der Waals surface area contributed by atoms with Crippen molar-refractivity contribution < 1.29 is 14.2 Å². The molecule has 0 aromatic carbocycles. The van der Waals surface area contributed by atoms with E-state index in [-0.39, 0.29) is 0 Å². The van der Waals surface area contributed by atoms with Crippen LogP contribution in [0.5, 0.6) is 0 Å². The van der Waals surface area contributed by atoms with Gasteiger partial charge in [0.1, 0.15) is 6.61 Å². The molecule has 0 saturated carbocycles. The van der Waals surface area contributed by atoms with Crippen molar-refractivity contribution in [2.24, 2.45) is 0 Å². The predicted molar refractivity (Wildman–Crippen MR) is 46.9 cm³/mol. The Labute approximate surface area is 72.6 Å². The molecule has 0 saturated heterocycles. The first-order valence-electron chi connectivity index (χ1n) is 3.47. The summed E-state index contributed by atoms with van der Waals surface area (Å²) in [5.74, 6) is 0. The molecule has 0 bridgehead atoms. The highest BCUT2D eigenvalue weighted by Crippen LogP contribution is 1.81. The van der Waals surface area contributed by atoms with Crippen molar-refractivity contribution in [2.75, 3.05) is 33.5 Å². The van der Waals surface area contributed by atoms with Gasteiger partial charge in [0.25, 0.3) is 0 Å². The van der Waals surface area contributed by atoms with Crippen LogP contribution in [0, 0.1) is 0 Å². The second kappa shape index (κ2) is 7.91. The number of hydrogen-bond donors (Lipinski definition) is 0. The van der Waals surface area contributed by atoms with Gasteiger partial charge in [0.2, 0.25) is 0 Å². The first-order valence-corrected chi connectivity index (χ1v) is 3.88. The van der Waals surface area contributed by atoms with Crippen LogP contribution < -0.4 is 0 Å². The van der Waals surface area contributed by atoms with E-state index in [1.807, 2.05) is 0 Å². The lowest BCUT2D eigenvalue weighted by atomic mass is 10.7. The first kappa shape index (κ1) is 10.8. The van der Waals surface area contributed by atoms with Gasteiger partial charge in [-0.2, -0.15) is 0 Å². The highest BCUT2D eigenvalue weighted by atomic mass is 32.1. The average Bonchev–Trinajstić information content (AvgIpc) is 1.96. The SMILES string of the molecule is COCCOCCOC(C)=S. The molecule has 0 aliphatic heterocycles. The van der Waals surface area contributed by atoms with Gasteiger partial charge in [0, 0.05) is 14.0 Å². The van der Waals surface area contributed by atoms with Crippen LogP contribution in [0.15, 0.2) is 0 Å². The lowest BCUT2D eigenvalue weighted by Crippen LogP contribution is -2.09. The van der Waals surface area contributed by atoms with E-state index in [0.29, 0.717) is 31.5 Å². The molecule has 0 aliphatic carbocycles. The smallest absolute Gasteiger partial charge is 0.156 e. The molecule has 0 heterocycles. The standard InChI is InChI=1S/C7H14O3S/c1-7(11)10-6-5-9-4-3-8-2/h3-6H2,1-2H3. The molecule has 0 radical (unpaired) electrons. The zero-order valence-electron chi connectivity index (χ0n) is 6.96. The summed E-state index contributed by atoms with van der Waals surface area (Å²) in [5.41, 5.74) is 0. The van der Waals surface area contributed by atoms with E-state index >= 15 is 0 Å². The number of thiocarbonyl (C=S) groups is 1. The molecule has 0 atom stereocenters. The van der Waals surface area contributed by atoms with Crippen molar-refractivity contribution in [1.29, 1.82) is 0 Å².